The molecule has 2 heterocycles. The number of carbonyl (C=O) groups excluding carboxylic acids is 1. The zero-order valence-corrected chi connectivity index (χ0v) is 14.9. The van der Waals surface area contributed by atoms with Gasteiger partial charge in [-0.2, -0.15) is 0 Å². The molecule has 10 heteroatoms. The Hall–Kier alpha value is -1.78. The third-order valence-electron chi connectivity index (χ3n) is 4.70. The van der Waals surface area contributed by atoms with Crippen molar-refractivity contribution in [3.05, 3.63) is 27.9 Å². The molecular weight excluding hydrogens is 348 g/mol. The molecule has 1 saturated carbocycles. The summed E-state index contributed by atoms with van der Waals surface area (Å²) in [5, 5.41) is 10.2. The van der Waals surface area contributed by atoms with Gasteiger partial charge in [0.15, 0.2) is 0 Å². The molecule has 0 aromatic carbocycles. The first-order valence-electron chi connectivity index (χ1n) is 8.20. The van der Waals surface area contributed by atoms with E-state index in [1.54, 1.807) is 4.90 Å². The minimum absolute atomic E-state index is 0.0738. The highest BCUT2D eigenvalue weighted by molar-refractivity contribution is 7.88. The molecule has 9 nitrogen and oxygen atoms in total. The van der Waals surface area contributed by atoms with E-state index in [2.05, 4.69) is 9.71 Å². The maximum absolute atomic E-state index is 12.4. The molecule has 1 aromatic heterocycles. The smallest absolute Gasteiger partial charge is 0.253 e. The monoisotopic (exact) mass is 370 g/mol. The molecule has 1 fully saturated rings. The number of carbonyl (C=O) groups is 1. The van der Waals surface area contributed by atoms with Crippen molar-refractivity contribution >= 4 is 15.9 Å². The molecule has 25 heavy (non-hydrogen) atoms. The van der Waals surface area contributed by atoms with E-state index in [1.165, 1.54) is 10.6 Å². The van der Waals surface area contributed by atoms with Crippen molar-refractivity contribution in [1.82, 2.24) is 19.2 Å². The van der Waals surface area contributed by atoms with E-state index in [1.807, 2.05) is 0 Å². The average molecular weight is 370 g/mol. The third-order valence-corrected chi connectivity index (χ3v) is 5.37. The van der Waals surface area contributed by atoms with Crippen LogP contribution in [0.2, 0.25) is 0 Å². The highest BCUT2D eigenvalue weighted by Crippen LogP contribution is 2.35. The summed E-state index contributed by atoms with van der Waals surface area (Å²) in [6.07, 6.45) is 3.33. The second-order valence-corrected chi connectivity index (χ2v) is 8.65. The fourth-order valence-corrected chi connectivity index (χ4v) is 3.51. The fourth-order valence-electron chi connectivity index (χ4n) is 3.10. The number of nitrogens with one attached hydrogen (secondary N) is 1. The van der Waals surface area contributed by atoms with Crippen molar-refractivity contribution in [2.45, 2.75) is 50.9 Å². The quantitative estimate of drug-likeness (QED) is 0.681. The van der Waals surface area contributed by atoms with E-state index < -0.39 is 15.6 Å². The summed E-state index contributed by atoms with van der Waals surface area (Å²) in [5.41, 5.74) is -0.836. The lowest BCUT2D eigenvalue weighted by Crippen LogP contribution is -2.47. The largest absolute Gasteiger partial charge is 0.389 e. The topological polar surface area (TPSA) is 122 Å². The Morgan fingerprint density at radius 2 is 2.12 bits per heavy atom. The lowest BCUT2D eigenvalue weighted by molar-refractivity contribution is -0.142. The van der Waals surface area contributed by atoms with Gasteiger partial charge in [0.1, 0.15) is 5.82 Å². The highest BCUT2D eigenvalue weighted by Gasteiger charge is 2.38. The Balaban J connectivity index is 1.73. The summed E-state index contributed by atoms with van der Waals surface area (Å²) in [4.78, 5) is 30.5. The Morgan fingerprint density at radius 1 is 1.40 bits per heavy atom. The Labute approximate surface area is 145 Å². The lowest BCUT2D eigenvalue weighted by atomic mass is 9.77. The summed E-state index contributed by atoms with van der Waals surface area (Å²) < 4.78 is 26.2. The molecule has 0 unspecified atom stereocenters. The number of fused-ring (bicyclic) bond motifs is 1. The van der Waals surface area contributed by atoms with Gasteiger partial charge in [0.25, 0.3) is 5.56 Å². The molecule has 138 valence electrons. The predicted octanol–water partition coefficient (Wildman–Crippen LogP) is -1.06. The molecule has 1 aliphatic carbocycles. The number of hydrogen-bond acceptors (Lipinski definition) is 6. The van der Waals surface area contributed by atoms with Crippen molar-refractivity contribution in [2.24, 2.45) is 0 Å². The number of sulfonamides is 1. The van der Waals surface area contributed by atoms with E-state index in [-0.39, 0.29) is 31.0 Å². The van der Waals surface area contributed by atoms with Gasteiger partial charge in [-0.25, -0.2) is 18.1 Å². The molecule has 2 N–H and O–H groups in total. The standard InChI is InChI=1S/C15H22N4O5S/c1-25(23,24)16-9-11-7-13(20)19-6-5-18(10-12(19)17-11)14(21)8-15(22)3-2-4-15/h7,16,22H,2-6,8-10H2,1H3. The van der Waals surface area contributed by atoms with Crippen LogP contribution in [0.3, 0.4) is 0 Å². The normalized spacial score (nSPS) is 19.2. The van der Waals surface area contributed by atoms with Crippen LogP contribution < -0.4 is 10.3 Å². The van der Waals surface area contributed by atoms with Crippen LogP contribution >= 0.6 is 0 Å². The summed E-state index contributed by atoms with van der Waals surface area (Å²) in [6.45, 7) is 0.835. The van der Waals surface area contributed by atoms with Gasteiger partial charge in [0.2, 0.25) is 15.9 Å². The molecule has 3 rings (SSSR count). The first kappa shape index (κ1) is 18.0. The summed E-state index contributed by atoms with van der Waals surface area (Å²) in [6, 6.07) is 1.30. The molecule has 0 radical (unpaired) electrons. The van der Waals surface area contributed by atoms with Gasteiger partial charge in [-0.3, -0.25) is 14.2 Å². The maximum Gasteiger partial charge on any atom is 0.253 e. The van der Waals surface area contributed by atoms with Crippen LogP contribution in [-0.4, -0.2) is 52.3 Å². The van der Waals surface area contributed by atoms with Crippen molar-refractivity contribution in [1.29, 1.82) is 0 Å². The minimum atomic E-state index is -3.39. The fraction of sp³-hybridized carbons (Fsp3) is 0.667. The van der Waals surface area contributed by atoms with Crippen LogP contribution in [0.15, 0.2) is 10.9 Å². The van der Waals surface area contributed by atoms with E-state index in [0.717, 1.165) is 12.7 Å². The average Bonchev–Trinajstić information content (AvgIpc) is 2.50. The van der Waals surface area contributed by atoms with E-state index in [9.17, 15) is 23.1 Å². The molecule has 2 aliphatic rings. The van der Waals surface area contributed by atoms with Crippen LogP contribution in [-0.2, 0) is 34.5 Å². The third kappa shape index (κ3) is 4.25. The SMILES string of the molecule is CS(=O)(=O)NCc1cc(=O)n2c(n1)CN(C(=O)CC1(O)CCC1)CC2. The van der Waals surface area contributed by atoms with Crippen LogP contribution in [0, 0.1) is 0 Å². The van der Waals surface area contributed by atoms with Gasteiger partial charge >= 0.3 is 0 Å². The van der Waals surface area contributed by atoms with Crippen LogP contribution in [0.4, 0.5) is 0 Å². The first-order valence-corrected chi connectivity index (χ1v) is 10.1. The van der Waals surface area contributed by atoms with Crippen molar-refractivity contribution in [2.75, 3.05) is 12.8 Å². The second kappa shape index (κ2) is 6.50. The number of rotatable bonds is 5. The predicted molar refractivity (Wildman–Crippen MR) is 89.0 cm³/mol. The van der Waals surface area contributed by atoms with Crippen molar-refractivity contribution in [3.63, 3.8) is 0 Å². The van der Waals surface area contributed by atoms with Gasteiger partial charge in [-0.15, -0.1) is 0 Å². The van der Waals surface area contributed by atoms with Crippen molar-refractivity contribution in [3.8, 4) is 0 Å². The molecule has 0 atom stereocenters. The van der Waals surface area contributed by atoms with E-state index in [0.29, 0.717) is 37.4 Å². The van der Waals surface area contributed by atoms with Gasteiger partial charge in [0.05, 0.1) is 37.1 Å². The molecule has 1 aromatic rings. The lowest BCUT2D eigenvalue weighted by Gasteiger charge is -2.38. The molecule has 0 spiro atoms. The van der Waals surface area contributed by atoms with Crippen LogP contribution in [0.5, 0.6) is 0 Å². The zero-order chi connectivity index (χ0) is 18.2. The summed E-state index contributed by atoms with van der Waals surface area (Å²) in [5.74, 6) is 0.278. The summed E-state index contributed by atoms with van der Waals surface area (Å²) >= 11 is 0. The minimum Gasteiger partial charge on any atom is -0.389 e. The Kier molecular flexibility index (Phi) is 4.69. The summed E-state index contributed by atoms with van der Waals surface area (Å²) in [7, 11) is -3.39. The zero-order valence-electron chi connectivity index (χ0n) is 14.1. The number of amides is 1. The van der Waals surface area contributed by atoms with E-state index in [4.69, 9.17) is 0 Å². The van der Waals surface area contributed by atoms with Gasteiger partial charge in [-0.05, 0) is 19.3 Å². The van der Waals surface area contributed by atoms with E-state index >= 15 is 0 Å². The van der Waals surface area contributed by atoms with Crippen LogP contribution in [0.25, 0.3) is 0 Å². The number of hydrogen-bond donors (Lipinski definition) is 2. The number of aromatic nitrogens is 2. The first-order chi connectivity index (χ1) is 11.7. The van der Waals surface area contributed by atoms with Gasteiger partial charge in [-0.1, -0.05) is 0 Å². The second-order valence-electron chi connectivity index (χ2n) is 6.82. The number of aliphatic hydroxyl groups is 1. The molecule has 0 bridgehead atoms. The highest BCUT2D eigenvalue weighted by atomic mass is 32.2. The number of nitrogens with zero attached hydrogens (tertiary/aromatic N) is 3. The van der Waals surface area contributed by atoms with Crippen molar-refractivity contribution < 1.29 is 18.3 Å². The molecule has 1 aliphatic heterocycles. The molecule has 1 amide bonds. The molecule has 0 saturated heterocycles. The maximum atomic E-state index is 12.4. The van der Waals surface area contributed by atoms with Gasteiger partial charge < -0.3 is 10.0 Å². The van der Waals surface area contributed by atoms with Gasteiger partial charge in [0, 0.05) is 19.2 Å². The Morgan fingerprint density at radius 3 is 2.72 bits per heavy atom. The Bertz CT molecular complexity index is 844. The van der Waals surface area contributed by atoms with Crippen LogP contribution in [0.1, 0.15) is 37.2 Å². The molecular formula is C15H22N4O5S.